The second-order valence-corrected chi connectivity index (χ2v) is 5.09. The zero-order valence-corrected chi connectivity index (χ0v) is 10.6. The first kappa shape index (κ1) is 11.5. The lowest BCUT2D eigenvalue weighted by Crippen LogP contribution is -2.48. The number of thiazole rings is 1. The van der Waals surface area contributed by atoms with Gasteiger partial charge in [-0.25, -0.2) is 4.98 Å². The molecule has 1 aliphatic heterocycles. The summed E-state index contributed by atoms with van der Waals surface area (Å²) in [6.07, 6.45) is 0.224. The van der Waals surface area contributed by atoms with Gasteiger partial charge in [0.15, 0.2) is 0 Å². The van der Waals surface area contributed by atoms with Gasteiger partial charge in [0, 0.05) is 13.1 Å². The first-order valence-electron chi connectivity index (χ1n) is 5.42. The molecule has 0 N–H and O–H groups in total. The predicted octanol–water partition coefficient (Wildman–Crippen LogP) is 1.70. The summed E-state index contributed by atoms with van der Waals surface area (Å²) >= 11 is 1.41. The van der Waals surface area contributed by atoms with E-state index in [0.717, 1.165) is 10.6 Å². The summed E-state index contributed by atoms with van der Waals surface area (Å²) < 4.78 is 5.61. The first-order valence-corrected chi connectivity index (χ1v) is 6.30. The molecule has 0 radical (unpaired) electrons. The molecule has 0 spiro atoms. The van der Waals surface area contributed by atoms with E-state index in [4.69, 9.17) is 4.74 Å². The van der Waals surface area contributed by atoms with Gasteiger partial charge in [-0.2, -0.15) is 0 Å². The summed E-state index contributed by atoms with van der Waals surface area (Å²) in [5.41, 5.74) is 2.54. The van der Waals surface area contributed by atoms with Crippen LogP contribution in [0.15, 0.2) is 5.51 Å². The molecule has 4 nitrogen and oxygen atoms in total. The van der Waals surface area contributed by atoms with Crippen molar-refractivity contribution >= 4 is 17.2 Å². The topological polar surface area (TPSA) is 42.4 Å². The molecule has 2 atom stereocenters. The van der Waals surface area contributed by atoms with E-state index in [1.807, 2.05) is 25.7 Å². The molecule has 0 bridgehead atoms. The highest BCUT2D eigenvalue weighted by Gasteiger charge is 2.28. The molecule has 1 saturated heterocycles. The minimum Gasteiger partial charge on any atom is -0.372 e. The normalized spacial score (nSPS) is 25.8. The molecule has 0 aliphatic carbocycles. The Hall–Kier alpha value is -0.940. The Balaban J connectivity index is 2.13. The van der Waals surface area contributed by atoms with Crippen molar-refractivity contribution in [3.8, 4) is 0 Å². The van der Waals surface area contributed by atoms with Crippen molar-refractivity contribution in [3.63, 3.8) is 0 Å². The molecule has 2 rings (SSSR count). The van der Waals surface area contributed by atoms with E-state index in [0.29, 0.717) is 13.1 Å². The number of amides is 1. The Bertz CT molecular complexity index is 381. The molecule has 1 amide bonds. The second kappa shape index (κ2) is 4.51. The van der Waals surface area contributed by atoms with Gasteiger partial charge in [-0.15, -0.1) is 11.3 Å². The van der Waals surface area contributed by atoms with Crippen molar-refractivity contribution in [1.82, 2.24) is 9.88 Å². The summed E-state index contributed by atoms with van der Waals surface area (Å²) in [5.74, 6) is 0.0852. The Morgan fingerprint density at radius 1 is 1.50 bits per heavy atom. The highest BCUT2D eigenvalue weighted by molar-refractivity contribution is 7.11. The fourth-order valence-electron chi connectivity index (χ4n) is 1.99. The number of carbonyl (C=O) groups excluding carboxylic acids is 1. The maximum absolute atomic E-state index is 12.2. The molecule has 1 aromatic heterocycles. The Morgan fingerprint density at radius 2 is 2.12 bits per heavy atom. The van der Waals surface area contributed by atoms with Crippen LogP contribution in [0, 0.1) is 6.92 Å². The lowest BCUT2D eigenvalue weighted by atomic mass is 10.2. The van der Waals surface area contributed by atoms with Crippen molar-refractivity contribution < 1.29 is 9.53 Å². The first-order chi connectivity index (χ1) is 7.58. The van der Waals surface area contributed by atoms with Crippen molar-refractivity contribution in [2.45, 2.75) is 33.0 Å². The van der Waals surface area contributed by atoms with Gasteiger partial charge in [-0.3, -0.25) is 4.79 Å². The molecule has 88 valence electrons. The summed E-state index contributed by atoms with van der Waals surface area (Å²) in [6, 6.07) is 0. The molecule has 2 heterocycles. The molecule has 1 aromatic rings. The smallest absolute Gasteiger partial charge is 0.266 e. The van der Waals surface area contributed by atoms with E-state index >= 15 is 0 Å². The van der Waals surface area contributed by atoms with E-state index < -0.39 is 0 Å². The minimum atomic E-state index is 0.0852. The van der Waals surface area contributed by atoms with Gasteiger partial charge in [0.1, 0.15) is 4.88 Å². The highest BCUT2D eigenvalue weighted by Crippen LogP contribution is 2.18. The van der Waals surface area contributed by atoms with Gasteiger partial charge in [0.2, 0.25) is 0 Å². The molecule has 0 aromatic carbocycles. The largest absolute Gasteiger partial charge is 0.372 e. The SMILES string of the molecule is Cc1ncsc1C(=O)N1C[C@@H](C)O[C@H](C)C1. The van der Waals surface area contributed by atoms with Gasteiger partial charge >= 0.3 is 0 Å². The van der Waals surface area contributed by atoms with Crippen LogP contribution in [-0.2, 0) is 4.74 Å². The maximum Gasteiger partial charge on any atom is 0.266 e. The van der Waals surface area contributed by atoms with Gasteiger partial charge in [0.05, 0.1) is 23.4 Å². The summed E-state index contributed by atoms with van der Waals surface area (Å²) in [5, 5.41) is 0. The van der Waals surface area contributed by atoms with Gasteiger partial charge < -0.3 is 9.64 Å². The monoisotopic (exact) mass is 240 g/mol. The highest BCUT2D eigenvalue weighted by atomic mass is 32.1. The van der Waals surface area contributed by atoms with E-state index in [1.54, 1.807) is 5.51 Å². The van der Waals surface area contributed by atoms with Crippen molar-refractivity contribution in [3.05, 3.63) is 16.1 Å². The molecule has 1 aliphatic rings. The number of ether oxygens (including phenoxy) is 1. The van der Waals surface area contributed by atoms with Crippen LogP contribution in [0.5, 0.6) is 0 Å². The molecule has 1 fully saturated rings. The second-order valence-electron chi connectivity index (χ2n) is 4.23. The molecular formula is C11H16N2O2S. The third-order valence-electron chi connectivity index (χ3n) is 2.65. The van der Waals surface area contributed by atoms with Crippen LogP contribution in [0.1, 0.15) is 29.2 Å². The zero-order chi connectivity index (χ0) is 11.7. The number of nitrogens with zero attached hydrogens (tertiary/aromatic N) is 2. The molecule has 5 heteroatoms. The molecule has 0 unspecified atom stereocenters. The fraction of sp³-hybridized carbons (Fsp3) is 0.636. The molecule has 16 heavy (non-hydrogen) atoms. The van der Waals surface area contributed by atoms with E-state index in [1.165, 1.54) is 11.3 Å². The lowest BCUT2D eigenvalue weighted by Gasteiger charge is -2.35. The summed E-state index contributed by atoms with van der Waals surface area (Å²) in [6.45, 7) is 7.20. The number of hydrogen-bond acceptors (Lipinski definition) is 4. The fourth-order valence-corrected chi connectivity index (χ4v) is 2.76. The lowest BCUT2D eigenvalue weighted by molar-refractivity contribution is -0.0585. The summed E-state index contributed by atoms with van der Waals surface area (Å²) in [7, 11) is 0. The van der Waals surface area contributed by atoms with E-state index in [9.17, 15) is 4.79 Å². The minimum absolute atomic E-state index is 0.0852. The number of aryl methyl sites for hydroxylation is 1. The van der Waals surface area contributed by atoms with Crippen LogP contribution >= 0.6 is 11.3 Å². The van der Waals surface area contributed by atoms with E-state index in [2.05, 4.69) is 4.98 Å². The van der Waals surface area contributed by atoms with Crippen LogP contribution in [0.3, 0.4) is 0 Å². The Morgan fingerprint density at radius 3 is 2.62 bits per heavy atom. The molecule has 0 saturated carbocycles. The van der Waals surface area contributed by atoms with Gasteiger partial charge in [-0.1, -0.05) is 0 Å². The average molecular weight is 240 g/mol. The zero-order valence-electron chi connectivity index (χ0n) is 9.77. The van der Waals surface area contributed by atoms with Gasteiger partial charge in [-0.05, 0) is 20.8 Å². The van der Waals surface area contributed by atoms with Crippen molar-refractivity contribution in [2.24, 2.45) is 0 Å². The van der Waals surface area contributed by atoms with Gasteiger partial charge in [0.25, 0.3) is 5.91 Å². The third kappa shape index (κ3) is 2.25. The summed E-state index contributed by atoms with van der Waals surface area (Å²) in [4.78, 5) is 18.9. The van der Waals surface area contributed by atoms with Crippen LogP contribution in [0.4, 0.5) is 0 Å². The van der Waals surface area contributed by atoms with Crippen LogP contribution in [0.2, 0.25) is 0 Å². The number of carbonyl (C=O) groups is 1. The van der Waals surface area contributed by atoms with Crippen molar-refractivity contribution in [1.29, 1.82) is 0 Å². The predicted molar refractivity (Wildman–Crippen MR) is 62.8 cm³/mol. The number of rotatable bonds is 1. The Labute approximate surface area is 99.2 Å². The van der Waals surface area contributed by atoms with E-state index in [-0.39, 0.29) is 18.1 Å². The number of hydrogen-bond donors (Lipinski definition) is 0. The van der Waals surface area contributed by atoms with Crippen molar-refractivity contribution in [2.75, 3.05) is 13.1 Å². The Kier molecular flexibility index (Phi) is 3.25. The van der Waals surface area contributed by atoms with Crippen LogP contribution < -0.4 is 0 Å². The standard InChI is InChI=1S/C11H16N2O2S/c1-7-4-13(5-8(2)15-7)11(14)10-9(3)12-6-16-10/h6-8H,4-5H2,1-3H3/t7-,8-/m1/s1. The number of aromatic nitrogens is 1. The third-order valence-corrected chi connectivity index (χ3v) is 3.56. The quantitative estimate of drug-likeness (QED) is 0.750. The molecular weight excluding hydrogens is 224 g/mol. The average Bonchev–Trinajstić information content (AvgIpc) is 2.62. The maximum atomic E-state index is 12.2. The number of morpholine rings is 1. The van der Waals surface area contributed by atoms with Crippen LogP contribution in [-0.4, -0.2) is 41.1 Å². The van der Waals surface area contributed by atoms with Crippen LogP contribution in [0.25, 0.3) is 0 Å².